The van der Waals surface area contributed by atoms with E-state index in [1.165, 1.54) is 6.42 Å². The Labute approximate surface area is 217 Å². The van der Waals surface area contributed by atoms with Crippen molar-refractivity contribution < 1.29 is 9.21 Å². The van der Waals surface area contributed by atoms with E-state index in [4.69, 9.17) is 4.42 Å². The highest BCUT2D eigenvalue weighted by molar-refractivity contribution is 6.00. The second-order valence-corrected chi connectivity index (χ2v) is 9.80. The van der Waals surface area contributed by atoms with Gasteiger partial charge in [-0.3, -0.25) is 19.9 Å². The molecule has 0 aromatic carbocycles. The maximum Gasteiger partial charge on any atom is 0.227 e. The van der Waals surface area contributed by atoms with Crippen molar-refractivity contribution in [2.24, 2.45) is 5.92 Å². The molecule has 3 N–H and O–H groups in total. The Morgan fingerprint density at radius 1 is 0.947 bits per heavy atom. The molecule has 1 aliphatic rings. The second-order valence-electron chi connectivity index (χ2n) is 9.80. The van der Waals surface area contributed by atoms with Crippen LogP contribution in [0.2, 0.25) is 0 Å². The van der Waals surface area contributed by atoms with Crippen LogP contribution in [0.25, 0.3) is 55.7 Å². The summed E-state index contributed by atoms with van der Waals surface area (Å²) in [7, 11) is 0. The maximum absolute atomic E-state index is 12.8. The molecule has 9 heteroatoms. The Balaban J connectivity index is 1.23. The van der Waals surface area contributed by atoms with Gasteiger partial charge in [-0.15, -0.1) is 0 Å². The number of fused-ring (bicyclic) bond motifs is 2. The van der Waals surface area contributed by atoms with Gasteiger partial charge < -0.3 is 14.7 Å². The number of amides is 1. The molecule has 1 fully saturated rings. The van der Waals surface area contributed by atoms with Gasteiger partial charge in [0.2, 0.25) is 5.91 Å². The van der Waals surface area contributed by atoms with Gasteiger partial charge >= 0.3 is 0 Å². The Hall–Kier alpha value is -4.79. The number of nitrogens with one attached hydrogen (secondary N) is 3. The van der Waals surface area contributed by atoms with Crippen LogP contribution in [0.3, 0.4) is 0 Å². The van der Waals surface area contributed by atoms with Crippen LogP contribution < -0.4 is 5.32 Å². The molecule has 0 unspecified atom stereocenters. The first-order valence-electron chi connectivity index (χ1n) is 12.8. The summed E-state index contributed by atoms with van der Waals surface area (Å²) in [5, 5.41) is 12.5. The first kappa shape index (κ1) is 22.4. The molecule has 1 amide bonds. The lowest BCUT2D eigenvalue weighted by atomic mass is 9.88. The lowest BCUT2D eigenvalue weighted by molar-refractivity contribution is -0.120. The van der Waals surface area contributed by atoms with Crippen molar-refractivity contribution in [1.82, 2.24) is 30.1 Å². The Morgan fingerprint density at radius 3 is 2.71 bits per heavy atom. The van der Waals surface area contributed by atoms with Crippen LogP contribution in [0.4, 0.5) is 5.69 Å². The van der Waals surface area contributed by atoms with E-state index in [0.29, 0.717) is 11.3 Å². The van der Waals surface area contributed by atoms with Crippen LogP contribution in [0.5, 0.6) is 0 Å². The molecule has 0 bridgehead atoms. The molecule has 0 aliphatic heterocycles. The number of nitrogens with zero attached hydrogens (tertiary/aromatic N) is 4. The Kier molecular flexibility index (Phi) is 5.46. The standard InChI is InChI=1S/C29H25N7O2/c37-29(17-4-2-1-3-5-17)33-21-10-19(13-30-15-21)20-11-23-27(35-36-28(23)32-14-20)25-12-22-24(34-25)6-8-31-26(22)18-7-9-38-16-18/h6-17,34H,1-5H2,(H,33,37)(H,32,35,36). The summed E-state index contributed by atoms with van der Waals surface area (Å²) < 4.78 is 5.27. The molecule has 0 atom stereocenters. The zero-order valence-corrected chi connectivity index (χ0v) is 20.6. The fraction of sp³-hybridized carbons (Fsp3) is 0.207. The van der Waals surface area contributed by atoms with Gasteiger partial charge in [-0.25, -0.2) is 4.98 Å². The number of carbonyl (C=O) groups excluding carboxylic acids is 1. The van der Waals surface area contributed by atoms with Crippen molar-refractivity contribution in [3.63, 3.8) is 0 Å². The van der Waals surface area contributed by atoms with Crippen molar-refractivity contribution in [3.05, 3.63) is 67.6 Å². The number of rotatable bonds is 5. The van der Waals surface area contributed by atoms with Crippen molar-refractivity contribution in [2.45, 2.75) is 32.1 Å². The van der Waals surface area contributed by atoms with E-state index in [2.05, 4.69) is 41.5 Å². The number of anilines is 1. The second kappa shape index (κ2) is 9.26. The van der Waals surface area contributed by atoms with E-state index in [-0.39, 0.29) is 11.8 Å². The first-order chi connectivity index (χ1) is 18.7. The van der Waals surface area contributed by atoms with Crippen molar-refractivity contribution in [2.75, 3.05) is 5.32 Å². The highest BCUT2D eigenvalue weighted by atomic mass is 16.3. The topological polar surface area (TPSA) is 125 Å². The largest absolute Gasteiger partial charge is 0.472 e. The van der Waals surface area contributed by atoms with Gasteiger partial charge in [0.15, 0.2) is 5.65 Å². The minimum Gasteiger partial charge on any atom is -0.472 e. The van der Waals surface area contributed by atoms with Gasteiger partial charge in [-0.1, -0.05) is 19.3 Å². The average Bonchev–Trinajstić information content (AvgIpc) is 3.73. The monoisotopic (exact) mass is 503 g/mol. The van der Waals surface area contributed by atoms with E-state index < -0.39 is 0 Å². The van der Waals surface area contributed by atoms with Crippen LogP contribution in [-0.2, 0) is 4.79 Å². The molecule has 1 saturated carbocycles. The fourth-order valence-electron chi connectivity index (χ4n) is 5.36. The van der Waals surface area contributed by atoms with Crippen LogP contribution in [0, 0.1) is 5.92 Å². The molecule has 0 radical (unpaired) electrons. The van der Waals surface area contributed by atoms with Crippen molar-refractivity contribution >= 4 is 33.5 Å². The number of aromatic amines is 2. The van der Waals surface area contributed by atoms with Gasteiger partial charge in [-0.05, 0) is 43.2 Å². The summed E-state index contributed by atoms with van der Waals surface area (Å²) in [5.41, 5.74) is 7.51. The van der Waals surface area contributed by atoms with Crippen LogP contribution >= 0.6 is 0 Å². The Morgan fingerprint density at radius 2 is 1.84 bits per heavy atom. The zero-order valence-electron chi connectivity index (χ0n) is 20.6. The van der Waals surface area contributed by atoms with Gasteiger partial charge in [0.05, 0.1) is 41.5 Å². The van der Waals surface area contributed by atoms with Crippen LogP contribution in [0.1, 0.15) is 32.1 Å². The van der Waals surface area contributed by atoms with Gasteiger partial charge in [0.1, 0.15) is 0 Å². The van der Waals surface area contributed by atoms with Gasteiger partial charge in [0.25, 0.3) is 0 Å². The number of hydrogen-bond donors (Lipinski definition) is 3. The molecule has 38 heavy (non-hydrogen) atoms. The third-order valence-electron chi connectivity index (χ3n) is 7.34. The lowest BCUT2D eigenvalue weighted by Crippen LogP contribution is -2.24. The maximum atomic E-state index is 12.8. The number of furan rings is 1. The molecule has 6 aromatic rings. The third kappa shape index (κ3) is 4.02. The quantitative estimate of drug-likeness (QED) is 0.252. The summed E-state index contributed by atoms with van der Waals surface area (Å²) >= 11 is 0. The van der Waals surface area contributed by atoms with E-state index in [1.54, 1.807) is 37.3 Å². The first-order valence-corrected chi connectivity index (χ1v) is 12.8. The van der Waals surface area contributed by atoms with Gasteiger partial charge in [-0.2, -0.15) is 5.10 Å². The van der Waals surface area contributed by atoms with E-state index in [9.17, 15) is 4.79 Å². The molecule has 6 heterocycles. The molecule has 188 valence electrons. The predicted molar refractivity (Wildman–Crippen MR) is 145 cm³/mol. The highest BCUT2D eigenvalue weighted by Crippen LogP contribution is 2.34. The fourth-order valence-corrected chi connectivity index (χ4v) is 5.36. The molecule has 7 rings (SSSR count). The minimum absolute atomic E-state index is 0.0810. The van der Waals surface area contributed by atoms with Crippen molar-refractivity contribution in [3.8, 4) is 33.8 Å². The molecule has 6 aromatic heterocycles. The number of hydrogen-bond acceptors (Lipinski definition) is 6. The van der Waals surface area contributed by atoms with Crippen LogP contribution in [0.15, 0.2) is 72.1 Å². The molecular weight excluding hydrogens is 478 g/mol. The molecular formula is C29H25N7O2. The SMILES string of the molecule is O=C(Nc1cncc(-c2cnc3n[nH]c(-c4cc5c(-c6ccoc6)nccc5[nH]4)c3c2)c1)C1CCCCC1. The normalized spacial score (nSPS) is 14.3. The molecule has 9 nitrogen and oxygen atoms in total. The summed E-state index contributed by atoms with van der Waals surface area (Å²) in [6.07, 6.45) is 15.7. The van der Waals surface area contributed by atoms with Crippen LogP contribution in [-0.4, -0.2) is 36.0 Å². The molecule has 0 spiro atoms. The molecule has 0 saturated heterocycles. The summed E-state index contributed by atoms with van der Waals surface area (Å²) in [5.74, 6) is 0.164. The number of pyridine rings is 3. The highest BCUT2D eigenvalue weighted by Gasteiger charge is 2.21. The average molecular weight is 504 g/mol. The summed E-state index contributed by atoms with van der Waals surface area (Å²) in [4.78, 5) is 29.8. The number of aromatic nitrogens is 6. The van der Waals surface area contributed by atoms with E-state index in [1.807, 2.05) is 24.3 Å². The number of carbonyl (C=O) groups is 1. The number of H-pyrrole nitrogens is 2. The van der Waals surface area contributed by atoms with E-state index >= 15 is 0 Å². The van der Waals surface area contributed by atoms with E-state index in [0.717, 1.165) is 75.7 Å². The van der Waals surface area contributed by atoms with Gasteiger partial charge in [0, 0.05) is 57.5 Å². The molecule has 1 aliphatic carbocycles. The predicted octanol–water partition coefficient (Wildman–Crippen LogP) is 6.34. The van der Waals surface area contributed by atoms with Crippen molar-refractivity contribution in [1.29, 1.82) is 0 Å². The Bertz CT molecular complexity index is 1760. The lowest BCUT2D eigenvalue weighted by Gasteiger charge is -2.20. The summed E-state index contributed by atoms with van der Waals surface area (Å²) in [6.45, 7) is 0. The third-order valence-corrected chi connectivity index (χ3v) is 7.34. The smallest absolute Gasteiger partial charge is 0.227 e. The summed E-state index contributed by atoms with van der Waals surface area (Å²) in [6, 6.07) is 9.90. The minimum atomic E-state index is 0.0810. The zero-order chi connectivity index (χ0) is 25.5.